The van der Waals surface area contributed by atoms with Crippen LogP contribution in [0.4, 0.5) is 0 Å². The third kappa shape index (κ3) is 1.67. The van der Waals surface area contributed by atoms with Gasteiger partial charge in [-0.3, -0.25) is 4.79 Å². The van der Waals surface area contributed by atoms with Gasteiger partial charge in [-0.2, -0.15) is 0 Å². The lowest BCUT2D eigenvalue weighted by atomic mass is 10.3. The molecule has 0 amide bonds. The number of carbonyl (C=O) groups is 2. The number of rotatable bonds is 3. The van der Waals surface area contributed by atoms with Crippen LogP contribution in [-0.4, -0.2) is 17.4 Å². The van der Waals surface area contributed by atoms with Crippen molar-refractivity contribution in [1.29, 1.82) is 0 Å². The molecule has 0 spiro atoms. The lowest BCUT2D eigenvalue weighted by molar-refractivity contribution is 0.0663. The summed E-state index contributed by atoms with van der Waals surface area (Å²) in [4.78, 5) is 20.9. The molecule has 15 heavy (non-hydrogen) atoms. The van der Waals surface area contributed by atoms with E-state index in [1.807, 2.05) is 0 Å². The van der Waals surface area contributed by atoms with Crippen LogP contribution in [0.25, 0.3) is 11.5 Å². The molecule has 0 atom stereocenters. The molecule has 0 saturated carbocycles. The molecule has 2 aromatic rings. The van der Waals surface area contributed by atoms with E-state index < -0.39 is 5.97 Å². The molecule has 2 aromatic heterocycles. The Balaban J connectivity index is 2.36. The van der Waals surface area contributed by atoms with Crippen LogP contribution in [0.15, 0.2) is 33.1 Å². The van der Waals surface area contributed by atoms with Gasteiger partial charge in [0.05, 0.1) is 0 Å². The Labute approximate surface area is 83.9 Å². The number of aromatic carboxylic acids is 1. The van der Waals surface area contributed by atoms with Gasteiger partial charge in [-0.15, -0.1) is 0 Å². The summed E-state index contributed by atoms with van der Waals surface area (Å²) < 4.78 is 10.0. The number of carbonyl (C=O) groups excluding carboxylic acids is 1. The van der Waals surface area contributed by atoms with Crippen LogP contribution >= 0.6 is 0 Å². The normalized spacial score (nSPS) is 10.1. The van der Waals surface area contributed by atoms with Gasteiger partial charge in [0.2, 0.25) is 5.76 Å². The number of carboxylic acid groups (broad SMARTS) is 1. The molecule has 0 unspecified atom stereocenters. The quantitative estimate of drug-likeness (QED) is 0.777. The van der Waals surface area contributed by atoms with Crippen LogP contribution in [0, 0.1) is 0 Å². The van der Waals surface area contributed by atoms with E-state index >= 15 is 0 Å². The predicted molar refractivity (Wildman–Crippen MR) is 48.8 cm³/mol. The minimum absolute atomic E-state index is 0.165. The van der Waals surface area contributed by atoms with Crippen molar-refractivity contribution in [3.63, 3.8) is 0 Å². The molecule has 0 radical (unpaired) electrons. The maximum atomic E-state index is 10.5. The molecular formula is C10H6O5. The van der Waals surface area contributed by atoms with E-state index in [4.69, 9.17) is 13.9 Å². The van der Waals surface area contributed by atoms with Crippen molar-refractivity contribution >= 4 is 12.3 Å². The van der Waals surface area contributed by atoms with Crippen molar-refractivity contribution in [2.24, 2.45) is 0 Å². The molecule has 5 heteroatoms. The molecule has 0 saturated heterocycles. The SMILES string of the molecule is O=Cc1ccc(-c2ccc(C(=O)O)o2)o1. The van der Waals surface area contributed by atoms with Gasteiger partial charge in [-0.1, -0.05) is 0 Å². The second-order valence-electron chi connectivity index (χ2n) is 2.79. The standard InChI is InChI=1S/C10H6O5/c11-5-6-1-2-7(14-6)8-3-4-9(15-8)10(12)13/h1-5H,(H,12,13). The molecule has 5 nitrogen and oxygen atoms in total. The molecule has 0 aromatic carbocycles. The monoisotopic (exact) mass is 206 g/mol. The molecule has 0 aliphatic heterocycles. The van der Waals surface area contributed by atoms with Gasteiger partial charge in [0.15, 0.2) is 23.6 Å². The Morgan fingerprint density at radius 2 is 1.80 bits per heavy atom. The zero-order valence-electron chi connectivity index (χ0n) is 7.47. The van der Waals surface area contributed by atoms with Crippen LogP contribution < -0.4 is 0 Å². The fourth-order valence-electron chi connectivity index (χ4n) is 1.13. The lowest BCUT2D eigenvalue weighted by Crippen LogP contribution is -1.91. The zero-order chi connectivity index (χ0) is 10.8. The first-order valence-electron chi connectivity index (χ1n) is 4.09. The number of hydrogen-bond acceptors (Lipinski definition) is 4. The highest BCUT2D eigenvalue weighted by atomic mass is 16.4. The van der Waals surface area contributed by atoms with Crippen LogP contribution in [-0.2, 0) is 0 Å². The summed E-state index contributed by atoms with van der Waals surface area (Å²) in [5.74, 6) is -0.555. The van der Waals surface area contributed by atoms with Gasteiger partial charge in [0, 0.05) is 0 Å². The minimum Gasteiger partial charge on any atom is -0.475 e. The number of aldehydes is 1. The highest BCUT2D eigenvalue weighted by Gasteiger charge is 2.12. The van der Waals surface area contributed by atoms with Crippen LogP contribution in [0.3, 0.4) is 0 Å². The van der Waals surface area contributed by atoms with E-state index in [-0.39, 0.29) is 17.3 Å². The van der Waals surface area contributed by atoms with Crippen molar-refractivity contribution in [2.45, 2.75) is 0 Å². The van der Waals surface area contributed by atoms with E-state index in [1.54, 1.807) is 0 Å². The van der Waals surface area contributed by atoms with Crippen LogP contribution in [0.1, 0.15) is 21.1 Å². The summed E-state index contributed by atoms with van der Waals surface area (Å²) in [5.41, 5.74) is 0. The zero-order valence-corrected chi connectivity index (χ0v) is 7.47. The lowest BCUT2D eigenvalue weighted by Gasteiger charge is -1.89. The number of hydrogen-bond donors (Lipinski definition) is 1. The summed E-state index contributed by atoms with van der Waals surface area (Å²) in [5, 5.41) is 8.62. The molecule has 2 heterocycles. The smallest absolute Gasteiger partial charge is 0.371 e. The molecule has 0 bridgehead atoms. The largest absolute Gasteiger partial charge is 0.475 e. The summed E-state index contributed by atoms with van der Waals surface area (Å²) >= 11 is 0. The van der Waals surface area contributed by atoms with E-state index in [1.165, 1.54) is 24.3 Å². The molecular weight excluding hydrogens is 200 g/mol. The van der Waals surface area contributed by atoms with Gasteiger partial charge >= 0.3 is 5.97 Å². The maximum Gasteiger partial charge on any atom is 0.371 e. The van der Waals surface area contributed by atoms with Crippen molar-refractivity contribution in [1.82, 2.24) is 0 Å². The summed E-state index contributed by atoms with van der Waals surface area (Å²) in [6.45, 7) is 0. The molecule has 0 aliphatic rings. The molecule has 76 valence electrons. The van der Waals surface area contributed by atoms with Crippen LogP contribution in [0.5, 0.6) is 0 Å². The van der Waals surface area contributed by atoms with Gasteiger partial charge < -0.3 is 13.9 Å². The fourth-order valence-corrected chi connectivity index (χ4v) is 1.13. The fraction of sp³-hybridized carbons (Fsp3) is 0. The Morgan fingerprint density at radius 3 is 2.33 bits per heavy atom. The first kappa shape index (κ1) is 9.26. The minimum atomic E-state index is -1.15. The second kappa shape index (κ2) is 3.45. The third-order valence-corrected chi connectivity index (χ3v) is 1.80. The predicted octanol–water partition coefficient (Wildman–Crippen LogP) is 2.05. The summed E-state index contributed by atoms with van der Waals surface area (Å²) in [7, 11) is 0. The summed E-state index contributed by atoms with van der Waals surface area (Å²) in [6.07, 6.45) is 0.560. The third-order valence-electron chi connectivity index (χ3n) is 1.80. The molecule has 2 rings (SSSR count). The first-order chi connectivity index (χ1) is 7.20. The Hall–Kier alpha value is -2.30. The molecule has 0 fully saturated rings. The van der Waals surface area contributed by atoms with Gasteiger partial charge in [-0.05, 0) is 24.3 Å². The Morgan fingerprint density at radius 1 is 1.13 bits per heavy atom. The summed E-state index contributed by atoms with van der Waals surface area (Å²) in [6, 6.07) is 5.80. The van der Waals surface area contributed by atoms with E-state index in [0.717, 1.165) is 0 Å². The van der Waals surface area contributed by atoms with Crippen molar-refractivity contribution in [3.05, 3.63) is 35.8 Å². The van der Waals surface area contributed by atoms with Crippen molar-refractivity contribution in [2.75, 3.05) is 0 Å². The number of carboxylic acids is 1. The average molecular weight is 206 g/mol. The maximum absolute atomic E-state index is 10.5. The topological polar surface area (TPSA) is 80.7 Å². The average Bonchev–Trinajstić information content (AvgIpc) is 2.86. The highest BCUT2D eigenvalue weighted by molar-refractivity contribution is 5.85. The van der Waals surface area contributed by atoms with Gasteiger partial charge in [-0.25, -0.2) is 4.79 Å². The highest BCUT2D eigenvalue weighted by Crippen LogP contribution is 2.23. The van der Waals surface area contributed by atoms with Gasteiger partial charge in [0.1, 0.15) is 0 Å². The number of furan rings is 2. The second-order valence-corrected chi connectivity index (χ2v) is 2.79. The van der Waals surface area contributed by atoms with E-state index in [9.17, 15) is 9.59 Å². The van der Waals surface area contributed by atoms with Crippen molar-refractivity contribution < 1.29 is 23.5 Å². The van der Waals surface area contributed by atoms with Crippen molar-refractivity contribution in [3.8, 4) is 11.5 Å². The molecule has 1 N–H and O–H groups in total. The first-order valence-corrected chi connectivity index (χ1v) is 4.09. The Kier molecular flexibility index (Phi) is 2.13. The van der Waals surface area contributed by atoms with Gasteiger partial charge in [0.25, 0.3) is 0 Å². The molecule has 0 aliphatic carbocycles. The Bertz CT molecular complexity index is 505. The van der Waals surface area contributed by atoms with Crippen LogP contribution in [0.2, 0.25) is 0 Å². The van der Waals surface area contributed by atoms with E-state index in [0.29, 0.717) is 12.0 Å². The van der Waals surface area contributed by atoms with E-state index in [2.05, 4.69) is 0 Å².